The van der Waals surface area contributed by atoms with Crippen LogP contribution >= 0.6 is 0 Å². The Kier molecular flexibility index (Phi) is 3.47. The fourth-order valence-corrected chi connectivity index (χ4v) is 1.31. The number of hydrogen-bond donors (Lipinski definition) is 0. The van der Waals surface area contributed by atoms with Gasteiger partial charge in [-0.25, -0.2) is 4.39 Å². The smallest absolute Gasteiger partial charge is 0.373 e. The summed E-state index contributed by atoms with van der Waals surface area (Å²) in [6, 6.07) is 2.20. The molecule has 0 saturated heterocycles. The van der Waals surface area contributed by atoms with E-state index in [9.17, 15) is 30.4 Å². The van der Waals surface area contributed by atoms with Crippen LogP contribution in [0.5, 0.6) is 5.75 Å². The number of nitriles is 1. The van der Waals surface area contributed by atoms with Gasteiger partial charge in [-0.15, -0.1) is 0 Å². The van der Waals surface area contributed by atoms with Crippen LogP contribution in [0.2, 0.25) is 0 Å². The maximum absolute atomic E-state index is 13.1. The van der Waals surface area contributed by atoms with E-state index in [0.717, 1.165) is 0 Å². The highest BCUT2D eigenvalue weighted by molar-refractivity contribution is 7.88. The van der Waals surface area contributed by atoms with E-state index in [0.29, 0.717) is 12.1 Å². The van der Waals surface area contributed by atoms with Crippen molar-refractivity contribution in [1.82, 2.24) is 0 Å². The normalized spacial score (nSPS) is 12.0. The zero-order valence-electron chi connectivity index (χ0n) is 8.12. The molecule has 0 saturated carbocycles. The molecule has 0 aliphatic rings. The van der Waals surface area contributed by atoms with E-state index in [1.54, 1.807) is 0 Å². The molecule has 0 aliphatic heterocycles. The molecule has 0 bridgehead atoms. The molecule has 10 heteroatoms. The average molecular weight is 287 g/mol. The van der Waals surface area contributed by atoms with Gasteiger partial charge in [0.25, 0.3) is 0 Å². The standard InChI is InChI=1S/C8H2F5NO3S/c9-6-4(3-14)1-2-5(7(6)10)17-18(15,16)8(11,12)13/h1-2H. The van der Waals surface area contributed by atoms with Crippen LogP contribution in [0.4, 0.5) is 22.0 Å². The molecule has 1 aromatic rings. The highest BCUT2D eigenvalue weighted by atomic mass is 32.2. The Morgan fingerprint density at radius 3 is 2.17 bits per heavy atom. The van der Waals surface area contributed by atoms with Gasteiger partial charge in [0.15, 0.2) is 11.6 Å². The SMILES string of the molecule is N#Cc1ccc(OS(=O)(=O)C(F)(F)F)c(F)c1F. The zero-order valence-corrected chi connectivity index (χ0v) is 8.94. The Labute approximate surface area is 97.3 Å². The van der Waals surface area contributed by atoms with Gasteiger partial charge in [0.1, 0.15) is 6.07 Å². The van der Waals surface area contributed by atoms with E-state index in [4.69, 9.17) is 5.26 Å². The molecule has 0 aromatic heterocycles. The molecule has 0 amide bonds. The van der Waals surface area contributed by atoms with Crippen LogP contribution in [0.25, 0.3) is 0 Å². The molecule has 0 unspecified atom stereocenters. The van der Waals surface area contributed by atoms with Crippen molar-refractivity contribution in [1.29, 1.82) is 5.26 Å². The summed E-state index contributed by atoms with van der Waals surface area (Å²) in [6.45, 7) is 0. The second-order valence-electron chi connectivity index (χ2n) is 2.83. The number of halogens is 5. The zero-order chi connectivity index (χ0) is 14.1. The molecule has 0 aliphatic carbocycles. The van der Waals surface area contributed by atoms with Gasteiger partial charge in [0.2, 0.25) is 5.82 Å². The van der Waals surface area contributed by atoms with Crippen molar-refractivity contribution in [2.24, 2.45) is 0 Å². The average Bonchev–Trinajstić information content (AvgIpc) is 2.23. The predicted molar refractivity (Wildman–Crippen MR) is 46.7 cm³/mol. The molecule has 0 spiro atoms. The van der Waals surface area contributed by atoms with Crippen molar-refractivity contribution >= 4 is 10.1 Å². The lowest BCUT2D eigenvalue weighted by atomic mass is 10.2. The maximum Gasteiger partial charge on any atom is 0.534 e. The summed E-state index contributed by atoms with van der Waals surface area (Å²) in [5.41, 5.74) is -6.58. The van der Waals surface area contributed by atoms with E-state index in [2.05, 4.69) is 4.18 Å². The van der Waals surface area contributed by atoms with Crippen LogP contribution in [0.3, 0.4) is 0 Å². The van der Waals surface area contributed by atoms with Crippen LogP contribution in [0, 0.1) is 23.0 Å². The maximum atomic E-state index is 13.1. The summed E-state index contributed by atoms with van der Waals surface area (Å²) >= 11 is 0. The van der Waals surface area contributed by atoms with E-state index in [1.165, 1.54) is 6.07 Å². The summed E-state index contributed by atoms with van der Waals surface area (Å²) in [6.07, 6.45) is 0. The van der Waals surface area contributed by atoms with Gasteiger partial charge in [-0.05, 0) is 12.1 Å². The van der Waals surface area contributed by atoms with Crippen LogP contribution in [0.15, 0.2) is 12.1 Å². The van der Waals surface area contributed by atoms with Crippen LogP contribution in [0.1, 0.15) is 5.56 Å². The van der Waals surface area contributed by atoms with Crippen LogP contribution < -0.4 is 4.18 Å². The Bertz CT molecular complexity index is 617. The lowest BCUT2D eigenvalue weighted by Crippen LogP contribution is -2.28. The number of rotatable bonds is 2. The quantitative estimate of drug-likeness (QED) is 0.474. The topological polar surface area (TPSA) is 67.2 Å². The fourth-order valence-electron chi connectivity index (χ4n) is 0.848. The third-order valence-corrected chi connectivity index (χ3v) is 2.62. The highest BCUT2D eigenvalue weighted by Crippen LogP contribution is 2.29. The molecule has 0 fully saturated rings. The van der Waals surface area contributed by atoms with E-state index < -0.39 is 38.6 Å². The number of nitrogens with zero attached hydrogens (tertiary/aromatic N) is 1. The first-order valence-electron chi connectivity index (χ1n) is 3.99. The Morgan fingerprint density at radius 2 is 1.72 bits per heavy atom. The Hall–Kier alpha value is -1.89. The minimum Gasteiger partial charge on any atom is -0.373 e. The fraction of sp³-hybridized carbons (Fsp3) is 0.125. The van der Waals surface area contributed by atoms with Crippen molar-refractivity contribution < 1.29 is 34.6 Å². The van der Waals surface area contributed by atoms with Gasteiger partial charge >= 0.3 is 15.6 Å². The van der Waals surface area contributed by atoms with Crippen LogP contribution in [-0.4, -0.2) is 13.9 Å². The lowest BCUT2D eigenvalue weighted by Gasteiger charge is -2.10. The molecule has 0 N–H and O–H groups in total. The van der Waals surface area contributed by atoms with Crippen molar-refractivity contribution in [3.05, 3.63) is 29.3 Å². The molecule has 1 rings (SSSR count). The van der Waals surface area contributed by atoms with E-state index in [-0.39, 0.29) is 0 Å². The molecule has 0 radical (unpaired) electrons. The van der Waals surface area contributed by atoms with Crippen molar-refractivity contribution in [3.63, 3.8) is 0 Å². The summed E-state index contributed by atoms with van der Waals surface area (Å²) in [5, 5.41) is 8.30. The number of benzene rings is 1. The minimum atomic E-state index is -6.10. The first-order chi connectivity index (χ1) is 8.10. The third kappa shape index (κ3) is 2.51. The molecule has 1 aromatic carbocycles. The first-order valence-corrected chi connectivity index (χ1v) is 5.40. The summed E-state index contributed by atoms with van der Waals surface area (Å²) < 4.78 is 86.3. The van der Waals surface area contributed by atoms with Crippen molar-refractivity contribution in [3.8, 4) is 11.8 Å². The summed E-state index contributed by atoms with van der Waals surface area (Å²) in [4.78, 5) is 0. The molecular weight excluding hydrogens is 285 g/mol. The molecule has 18 heavy (non-hydrogen) atoms. The number of alkyl halides is 3. The molecular formula is C8H2F5NO3S. The van der Waals surface area contributed by atoms with Gasteiger partial charge in [0, 0.05) is 0 Å². The van der Waals surface area contributed by atoms with E-state index in [1.807, 2.05) is 0 Å². The van der Waals surface area contributed by atoms with Crippen molar-refractivity contribution in [2.45, 2.75) is 5.51 Å². The summed E-state index contributed by atoms with van der Waals surface area (Å²) in [5.74, 6) is -5.28. The second kappa shape index (κ2) is 4.41. The Balaban J connectivity index is 3.24. The predicted octanol–water partition coefficient (Wildman–Crippen LogP) is 2.06. The second-order valence-corrected chi connectivity index (χ2v) is 4.37. The Morgan fingerprint density at radius 1 is 1.17 bits per heavy atom. The molecule has 4 nitrogen and oxygen atoms in total. The van der Waals surface area contributed by atoms with Gasteiger partial charge in [-0.2, -0.15) is 31.2 Å². The van der Waals surface area contributed by atoms with Gasteiger partial charge < -0.3 is 4.18 Å². The van der Waals surface area contributed by atoms with Crippen molar-refractivity contribution in [2.75, 3.05) is 0 Å². The van der Waals surface area contributed by atoms with Crippen LogP contribution in [-0.2, 0) is 10.1 Å². The number of hydrogen-bond acceptors (Lipinski definition) is 4. The molecule has 98 valence electrons. The first kappa shape index (κ1) is 14.2. The lowest BCUT2D eigenvalue weighted by molar-refractivity contribution is -0.0501. The van der Waals surface area contributed by atoms with Gasteiger partial charge in [-0.3, -0.25) is 0 Å². The third-order valence-electron chi connectivity index (χ3n) is 1.65. The highest BCUT2D eigenvalue weighted by Gasteiger charge is 2.49. The van der Waals surface area contributed by atoms with E-state index >= 15 is 0 Å². The summed E-state index contributed by atoms with van der Waals surface area (Å²) in [7, 11) is -6.10. The largest absolute Gasteiger partial charge is 0.534 e. The molecule has 0 heterocycles. The monoisotopic (exact) mass is 287 g/mol. The molecule has 0 atom stereocenters. The van der Waals surface area contributed by atoms with Gasteiger partial charge in [0.05, 0.1) is 5.56 Å². The minimum absolute atomic E-state index is 0.403. The van der Waals surface area contributed by atoms with Gasteiger partial charge in [-0.1, -0.05) is 0 Å².